The number of nitrogens with zero attached hydrogens (tertiary/aromatic N) is 6. The van der Waals surface area contributed by atoms with E-state index in [-0.39, 0.29) is 5.76 Å². The second kappa shape index (κ2) is 8.55. The molecule has 1 amide bonds. The van der Waals surface area contributed by atoms with Gasteiger partial charge in [-0.3, -0.25) is 9.69 Å². The van der Waals surface area contributed by atoms with Gasteiger partial charge in [-0.05, 0) is 44.2 Å². The van der Waals surface area contributed by atoms with E-state index < -0.39 is 5.91 Å². The van der Waals surface area contributed by atoms with Crippen molar-refractivity contribution in [3.8, 4) is 11.3 Å². The van der Waals surface area contributed by atoms with Crippen molar-refractivity contribution in [2.75, 3.05) is 36.4 Å². The van der Waals surface area contributed by atoms with Gasteiger partial charge >= 0.3 is 0 Å². The lowest BCUT2D eigenvalue weighted by Crippen LogP contribution is -2.48. The van der Waals surface area contributed by atoms with Gasteiger partial charge in [0.2, 0.25) is 0 Å². The predicted molar refractivity (Wildman–Crippen MR) is 126 cm³/mol. The minimum absolute atomic E-state index is 0.0739. The third-order valence-corrected chi connectivity index (χ3v) is 5.94. The Labute approximate surface area is 191 Å². The topological polar surface area (TPSA) is 118 Å². The van der Waals surface area contributed by atoms with Crippen LogP contribution in [0, 0.1) is 0 Å². The molecule has 0 saturated carbocycles. The first kappa shape index (κ1) is 21.0. The molecule has 0 radical (unpaired) electrons. The molecule has 1 fully saturated rings. The third-order valence-electron chi connectivity index (χ3n) is 5.94. The van der Waals surface area contributed by atoms with Crippen LogP contribution < -0.4 is 16.0 Å². The number of primary amides is 1. The Morgan fingerprint density at radius 3 is 2.58 bits per heavy atom. The SMILES string of the molecule is CC(C)N1CCN(c2ccc(Nc3nc(-c4coc(C(N)=O)c4)cn4ncnc34)cc2)CC1. The summed E-state index contributed by atoms with van der Waals surface area (Å²) in [6.45, 7) is 8.68. The average Bonchev–Trinajstić information content (AvgIpc) is 3.50. The molecule has 1 saturated heterocycles. The Hall–Kier alpha value is -3.92. The molecule has 1 aromatic carbocycles. The van der Waals surface area contributed by atoms with E-state index in [1.165, 1.54) is 18.3 Å². The molecule has 0 aliphatic carbocycles. The standard InChI is InChI=1S/C23H26N8O2/c1-15(2)29-7-9-30(10-8-29)18-5-3-17(4-6-18)27-22-23-25-14-26-31(23)12-19(28-22)16-11-20(21(24)32)33-13-16/h3-6,11-15H,7-10H2,1-2H3,(H2,24,32)(H,27,28). The molecule has 1 aliphatic heterocycles. The molecule has 170 valence electrons. The number of amides is 1. The fraction of sp³-hybridized carbons (Fsp3) is 0.304. The molecule has 0 bridgehead atoms. The van der Waals surface area contributed by atoms with Gasteiger partial charge in [0.15, 0.2) is 17.2 Å². The number of furan rings is 1. The van der Waals surface area contributed by atoms with Crippen molar-refractivity contribution in [1.29, 1.82) is 0 Å². The first-order chi connectivity index (χ1) is 16.0. The maximum absolute atomic E-state index is 11.4. The second-order valence-electron chi connectivity index (χ2n) is 8.36. The van der Waals surface area contributed by atoms with Gasteiger partial charge in [-0.2, -0.15) is 5.10 Å². The average molecular weight is 447 g/mol. The summed E-state index contributed by atoms with van der Waals surface area (Å²) in [6.07, 6.45) is 4.64. The predicted octanol–water partition coefficient (Wildman–Crippen LogP) is 2.76. The number of benzene rings is 1. The number of anilines is 3. The van der Waals surface area contributed by atoms with Crippen molar-refractivity contribution >= 4 is 28.7 Å². The monoisotopic (exact) mass is 446 g/mol. The highest BCUT2D eigenvalue weighted by Gasteiger charge is 2.19. The van der Waals surface area contributed by atoms with Crippen LogP contribution in [0.5, 0.6) is 0 Å². The van der Waals surface area contributed by atoms with E-state index in [2.05, 4.69) is 56.2 Å². The lowest BCUT2D eigenvalue weighted by atomic mass is 10.2. The fourth-order valence-electron chi connectivity index (χ4n) is 4.04. The van der Waals surface area contributed by atoms with Crippen LogP contribution in [0.2, 0.25) is 0 Å². The number of hydrogen-bond donors (Lipinski definition) is 2. The van der Waals surface area contributed by atoms with E-state index in [0.29, 0.717) is 28.8 Å². The van der Waals surface area contributed by atoms with E-state index in [9.17, 15) is 4.79 Å². The van der Waals surface area contributed by atoms with Crippen LogP contribution in [0.4, 0.5) is 17.2 Å². The molecule has 10 heteroatoms. The highest BCUT2D eigenvalue weighted by Crippen LogP contribution is 2.27. The molecule has 0 atom stereocenters. The molecule has 10 nitrogen and oxygen atoms in total. The van der Waals surface area contributed by atoms with Crippen molar-refractivity contribution in [3.05, 3.63) is 54.9 Å². The van der Waals surface area contributed by atoms with E-state index in [1.807, 2.05) is 12.1 Å². The van der Waals surface area contributed by atoms with E-state index in [0.717, 1.165) is 31.9 Å². The highest BCUT2D eigenvalue weighted by molar-refractivity contribution is 5.91. The number of carbonyl (C=O) groups is 1. The second-order valence-corrected chi connectivity index (χ2v) is 8.36. The first-order valence-electron chi connectivity index (χ1n) is 10.9. The van der Waals surface area contributed by atoms with E-state index >= 15 is 0 Å². The van der Waals surface area contributed by atoms with Gasteiger partial charge in [0.1, 0.15) is 12.6 Å². The van der Waals surface area contributed by atoms with Gasteiger partial charge in [-0.1, -0.05) is 0 Å². The van der Waals surface area contributed by atoms with Crippen molar-refractivity contribution in [2.24, 2.45) is 5.73 Å². The number of nitrogens with two attached hydrogens (primary N) is 1. The van der Waals surface area contributed by atoms with Crippen molar-refractivity contribution < 1.29 is 9.21 Å². The molecule has 1 aliphatic rings. The zero-order chi connectivity index (χ0) is 22.9. The van der Waals surface area contributed by atoms with Crippen molar-refractivity contribution in [1.82, 2.24) is 24.5 Å². The third kappa shape index (κ3) is 4.24. The summed E-state index contributed by atoms with van der Waals surface area (Å²) < 4.78 is 6.86. The summed E-state index contributed by atoms with van der Waals surface area (Å²) in [5.41, 5.74) is 9.18. The smallest absolute Gasteiger partial charge is 0.284 e. The summed E-state index contributed by atoms with van der Waals surface area (Å²) >= 11 is 0. The summed E-state index contributed by atoms with van der Waals surface area (Å²) in [7, 11) is 0. The molecule has 5 rings (SSSR count). The number of piperazine rings is 1. The van der Waals surface area contributed by atoms with Crippen LogP contribution in [0.3, 0.4) is 0 Å². The van der Waals surface area contributed by atoms with Gasteiger partial charge < -0.3 is 20.4 Å². The van der Waals surface area contributed by atoms with Crippen LogP contribution in [-0.2, 0) is 0 Å². The van der Waals surface area contributed by atoms with Gasteiger partial charge in [0.25, 0.3) is 5.91 Å². The molecular formula is C23H26N8O2. The quantitative estimate of drug-likeness (QED) is 0.464. The Morgan fingerprint density at radius 2 is 1.91 bits per heavy atom. The van der Waals surface area contributed by atoms with Gasteiger partial charge in [0, 0.05) is 49.2 Å². The Kier molecular flexibility index (Phi) is 5.43. The number of rotatable bonds is 6. The normalized spacial score (nSPS) is 14.8. The number of fused-ring (bicyclic) bond motifs is 1. The van der Waals surface area contributed by atoms with Crippen molar-refractivity contribution in [2.45, 2.75) is 19.9 Å². The molecule has 4 aromatic rings. The van der Waals surface area contributed by atoms with E-state index in [1.54, 1.807) is 16.8 Å². The van der Waals surface area contributed by atoms with Gasteiger partial charge in [-0.25, -0.2) is 14.5 Å². The van der Waals surface area contributed by atoms with E-state index in [4.69, 9.17) is 10.2 Å². The summed E-state index contributed by atoms with van der Waals surface area (Å²) in [5, 5.41) is 7.58. The maximum atomic E-state index is 11.4. The summed E-state index contributed by atoms with van der Waals surface area (Å²) in [5.74, 6) is -0.0120. The van der Waals surface area contributed by atoms with Crippen LogP contribution in [0.1, 0.15) is 24.4 Å². The zero-order valence-electron chi connectivity index (χ0n) is 18.6. The molecule has 3 N–H and O–H groups in total. The molecule has 33 heavy (non-hydrogen) atoms. The molecule has 0 unspecified atom stereocenters. The van der Waals surface area contributed by atoms with Crippen LogP contribution >= 0.6 is 0 Å². The number of aromatic nitrogens is 4. The lowest BCUT2D eigenvalue weighted by molar-refractivity contribution is 0.0974. The Balaban J connectivity index is 1.36. The first-order valence-corrected chi connectivity index (χ1v) is 10.9. The van der Waals surface area contributed by atoms with Crippen LogP contribution in [0.15, 0.2) is 53.5 Å². The number of nitrogens with one attached hydrogen (secondary N) is 1. The minimum atomic E-state index is -0.632. The largest absolute Gasteiger partial charge is 0.458 e. The molecule has 3 aromatic heterocycles. The van der Waals surface area contributed by atoms with Crippen molar-refractivity contribution in [3.63, 3.8) is 0 Å². The lowest BCUT2D eigenvalue weighted by Gasteiger charge is -2.38. The summed E-state index contributed by atoms with van der Waals surface area (Å²) in [6, 6.07) is 10.5. The summed E-state index contributed by atoms with van der Waals surface area (Å²) in [4.78, 5) is 25.3. The van der Waals surface area contributed by atoms with Crippen LogP contribution in [0.25, 0.3) is 16.9 Å². The van der Waals surface area contributed by atoms with Gasteiger partial charge in [-0.15, -0.1) is 0 Å². The maximum Gasteiger partial charge on any atom is 0.284 e. The molecule has 4 heterocycles. The van der Waals surface area contributed by atoms with Crippen LogP contribution in [-0.4, -0.2) is 62.6 Å². The number of carbonyl (C=O) groups excluding carboxylic acids is 1. The minimum Gasteiger partial charge on any atom is -0.458 e. The highest BCUT2D eigenvalue weighted by atomic mass is 16.3. The Bertz CT molecular complexity index is 1270. The zero-order valence-corrected chi connectivity index (χ0v) is 18.6. The molecule has 0 spiro atoms. The number of hydrogen-bond acceptors (Lipinski definition) is 8. The van der Waals surface area contributed by atoms with Gasteiger partial charge in [0.05, 0.1) is 11.9 Å². The fourth-order valence-corrected chi connectivity index (χ4v) is 4.04. The Morgan fingerprint density at radius 1 is 1.15 bits per heavy atom. The molecular weight excluding hydrogens is 420 g/mol.